The topological polar surface area (TPSA) is 116 Å². The lowest BCUT2D eigenvalue weighted by atomic mass is 10.0. The Balaban J connectivity index is 2.02. The largest absolute Gasteiger partial charge is 0.480 e. The van der Waals surface area contributed by atoms with Gasteiger partial charge in [0.05, 0.1) is 6.04 Å². The van der Waals surface area contributed by atoms with E-state index in [2.05, 4.69) is 10.4 Å². The molecule has 0 saturated heterocycles. The highest BCUT2D eigenvalue weighted by Crippen LogP contribution is 2.37. The van der Waals surface area contributed by atoms with E-state index in [1.165, 1.54) is 5.56 Å². The Labute approximate surface area is 196 Å². The van der Waals surface area contributed by atoms with Gasteiger partial charge in [0, 0.05) is 6.16 Å². The van der Waals surface area contributed by atoms with Crippen LogP contribution >= 0.6 is 7.52 Å². The molecule has 0 aliphatic carbocycles. The third kappa shape index (κ3) is 10.3. The summed E-state index contributed by atoms with van der Waals surface area (Å²) < 4.78 is 12.9. The van der Waals surface area contributed by atoms with E-state index in [9.17, 15) is 24.2 Å². The highest BCUT2D eigenvalue weighted by atomic mass is 31.2. The molecule has 2 rings (SSSR count). The molecule has 0 fully saturated rings. The molecule has 0 aliphatic heterocycles. The minimum atomic E-state index is -3.81. The van der Waals surface area contributed by atoms with Crippen LogP contribution in [0.4, 0.5) is 0 Å². The van der Waals surface area contributed by atoms with E-state index < -0.39 is 31.5 Å². The van der Waals surface area contributed by atoms with Crippen molar-refractivity contribution in [3.63, 3.8) is 0 Å². The zero-order valence-corrected chi connectivity index (χ0v) is 20.2. The van der Waals surface area contributed by atoms with Gasteiger partial charge in [0.15, 0.2) is 0 Å². The first-order valence-electron chi connectivity index (χ1n) is 11.4. The lowest BCUT2D eigenvalue weighted by Crippen LogP contribution is -2.50. The predicted octanol–water partition coefficient (Wildman–Crippen LogP) is 4.01. The van der Waals surface area contributed by atoms with Crippen molar-refractivity contribution in [2.45, 2.75) is 58.0 Å². The molecule has 7 nitrogen and oxygen atoms in total. The Morgan fingerprint density at radius 3 is 2.03 bits per heavy atom. The number of benzene rings is 2. The van der Waals surface area contributed by atoms with Crippen molar-refractivity contribution >= 4 is 19.4 Å². The van der Waals surface area contributed by atoms with E-state index in [1.54, 1.807) is 0 Å². The molecule has 0 aromatic heterocycles. The molecular formula is C25H35N2O5P. The maximum atomic E-state index is 13.0. The summed E-state index contributed by atoms with van der Waals surface area (Å²) in [6, 6.07) is 17.0. The summed E-state index contributed by atoms with van der Waals surface area (Å²) >= 11 is 0. The monoisotopic (exact) mass is 474 g/mol. The number of amides is 1. The third-order valence-corrected chi connectivity index (χ3v) is 6.94. The number of rotatable bonds is 14. The molecule has 1 unspecified atom stereocenters. The summed E-state index contributed by atoms with van der Waals surface area (Å²) in [5.41, 5.74) is 1.98. The van der Waals surface area contributed by atoms with E-state index in [1.807, 2.05) is 74.5 Å². The molecule has 180 valence electrons. The molecule has 0 saturated carbocycles. The Morgan fingerprint density at radius 1 is 0.909 bits per heavy atom. The maximum Gasteiger partial charge on any atom is 0.326 e. The fourth-order valence-corrected chi connectivity index (χ4v) is 5.10. The number of aryl methyl sites for hydroxylation is 1. The molecule has 0 bridgehead atoms. The summed E-state index contributed by atoms with van der Waals surface area (Å²) in [4.78, 5) is 35.1. The third-order valence-electron chi connectivity index (χ3n) is 5.30. The molecule has 0 aliphatic rings. The summed E-state index contributed by atoms with van der Waals surface area (Å²) in [6.07, 6.45) is 2.57. The second-order valence-electron chi connectivity index (χ2n) is 8.77. The van der Waals surface area contributed by atoms with Gasteiger partial charge in [0.2, 0.25) is 5.91 Å². The van der Waals surface area contributed by atoms with E-state index in [0.717, 1.165) is 18.4 Å². The molecule has 0 radical (unpaired) electrons. The van der Waals surface area contributed by atoms with E-state index in [4.69, 9.17) is 0 Å². The normalized spacial score (nSPS) is 14.9. The number of carboxylic acids is 1. The van der Waals surface area contributed by atoms with Gasteiger partial charge >= 0.3 is 5.97 Å². The van der Waals surface area contributed by atoms with Gasteiger partial charge in [-0.2, -0.15) is 0 Å². The van der Waals surface area contributed by atoms with Crippen LogP contribution in [0.1, 0.15) is 44.2 Å². The van der Waals surface area contributed by atoms with Crippen LogP contribution in [-0.4, -0.2) is 40.1 Å². The molecule has 2 aromatic carbocycles. The number of carboxylic acid groups (broad SMARTS) is 1. The molecule has 3 atom stereocenters. The van der Waals surface area contributed by atoms with E-state index in [-0.39, 0.29) is 24.9 Å². The number of nitrogens with one attached hydrogen (secondary N) is 2. The Kier molecular flexibility index (Phi) is 10.8. The fraction of sp³-hybridized carbons (Fsp3) is 0.440. The fourth-order valence-electron chi connectivity index (χ4n) is 3.62. The van der Waals surface area contributed by atoms with Gasteiger partial charge in [0.25, 0.3) is 7.52 Å². The number of hydrogen-bond acceptors (Lipinski definition) is 3. The Bertz CT molecular complexity index is 921. The van der Waals surface area contributed by atoms with Gasteiger partial charge in [-0.25, -0.2) is 9.88 Å². The first-order chi connectivity index (χ1) is 15.7. The van der Waals surface area contributed by atoms with Crippen molar-refractivity contribution in [2.75, 3.05) is 6.16 Å². The molecule has 4 N–H and O–H groups in total. The summed E-state index contributed by atoms with van der Waals surface area (Å²) in [5.74, 6) is -1.64. The minimum absolute atomic E-state index is 0.0345. The second kappa shape index (κ2) is 13.3. The van der Waals surface area contributed by atoms with Crippen molar-refractivity contribution < 1.29 is 24.2 Å². The van der Waals surface area contributed by atoms with Gasteiger partial charge < -0.3 is 15.3 Å². The Hall–Kier alpha value is -2.47. The van der Waals surface area contributed by atoms with Crippen LogP contribution in [0.15, 0.2) is 60.7 Å². The van der Waals surface area contributed by atoms with Crippen molar-refractivity contribution in [3.8, 4) is 0 Å². The molecule has 2 aromatic rings. The average molecular weight is 475 g/mol. The number of carbonyl (C=O) groups excluding carboxylic acids is 1. The van der Waals surface area contributed by atoms with Gasteiger partial charge in [-0.3, -0.25) is 9.36 Å². The van der Waals surface area contributed by atoms with Crippen molar-refractivity contribution in [2.24, 2.45) is 5.92 Å². The molecule has 0 spiro atoms. The SMILES string of the molecule is CC(C)C[C@H](NC(=O)[C@H](Cc1ccccc1)NP(=O)(O)CCCCc1ccccc1)C(=O)O. The van der Waals surface area contributed by atoms with Crippen LogP contribution in [0.3, 0.4) is 0 Å². The maximum absolute atomic E-state index is 13.0. The van der Waals surface area contributed by atoms with Crippen LogP contribution in [-0.2, 0) is 27.0 Å². The van der Waals surface area contributed by atoms with Gasteiger partial charge in [-0.05, 0) is 49.1 Å². The van der Waals surface area contributed by atoms with Crippen molar-refractivity contribution in [1.82, 2.24) is 10.4 Å². The van der Waals surface area contributed by atoms with E-state index in [0.29, 0.717) is 6.42 Å². The highest BCUT2D eigenvalue weighted by Gasteiger charge is 2.30. The molecular weight excluding hydrogens is 439 g/mol. The second-order valence-corrected chi connectivity index (χ2v) is 10.9. The van der Waals surface area contributed by atoms with Gasteiger partial charge in [0.1, 0.15) is 6.04 Å². The smallest absolute Gasteiger partial charge is 0.326 e. The molecule has 33 heavy (non-hydrogen) atoms. The summed E-state index contributed by atoms with van der Waals surface area (Å²) in [5, 5.41) is 14.7. The first kappa shape index (κ1) is 26.8. The minimum Gasteiger partial charge on any atom is -0.480 e. The highest BCUT2D eigenvalue weighted by molar-refractivity contribution is 7.55. The Morgan fingerprint density at radius 2 is 1.48 bits per heavy atom. The number of hydrogen-bond donors (Lipinski definition) is 4. The van der Waals surface area contributed by atoms with Gasteiger partial charge in [-0.1, -0.05) is 74.5 Å². The predicted molar refractivity (Wildman–Crippen MR) is 130 cm³/mol. The molecule has 8 heteroatoms. The number of unbranched alkanes of at least 4 members (excludes halogenated alkanes) is 1. The number of aliphatic carboxylic acids is 1. The molecule has 1 amide bonds. The van der Waals surface area contributed by atoms with Crippen LogP contribution in [0.5, 0.6) is 0 Å². The summed E-state index contributed by atoms with van der Waals surface area (Å²) in [6.45, 7) is 3.75. The number of carbonyl (C=O) groups is 2. The average Bonchev–Trinajstić information content (AvgIpc) is 2.77. The van der Waals surface area contributed by atoms with Crippen LogP contribution in [0, 0.1) is 5.92 Å². The van der Waals surface area contributed by atoms with Crippen LogP contribution in [0.25, 0.3) is 0 Å². The van der Waals surface area contributed by atoms with Crippen molar-refractivity contribution in [3.05, 3.63) is 71.8 Å². The molecule has 0 heterocycles. The van der Waals surface area contributed by atoms with Crippen LogP contribution in [0.2, 0.25) is 0 Å². The van der Waals surface area contributed by atoms with Crippen molar-refractivity contribution in [1.29, 1.82) is 0 Å². The quantitative estimate of drug-likeness (QED) is 0.243. The lowest BCUT2D eigenvalue weighted by molar-refractivity contribution is -0.142. The van der Waals surface area contributed by atoms with Gasteiger partial charge in [-0.15, -0.1) is 0 Å². The summed E-state index contributed by atoms with van der Waals surface area (Å²) in [7, 11) is -3.81. The zero-order chi connectivity index (χ0) is 24.3. The standard InChI is InChI=1S/C25H35N2O5P/c1-19(2)17-23(25(29)30)26-24(28)22(18-21-14-7-4-8-15-21)27-33(31,32)16-10-9-13-20-11-5-3-6-12-20/h3-8,11-12,14-15,19,22-23H,9-10,13,16-18H2,1-2H3,(H,26,28)(H,29,30)(H2,27,31,32)/t22-,23-/m0/s1. The van der Waals surface area contributed by atoms with E-state index >= 15 is 0 Å². The van der Waals surface area contributed by atoms with Crippen LogP contribution < -0.4 is 10.4 Å². The lowest BCUT2D eigenvalue weighted by Gasteiger charge is -2.24. The zero-order valence-electron chi connectivity index (χ0n) is 19.3. The first-order valence-corrected chi connectivity index (χ1v) is 13.2.